The maximum absolute atomic E-state index is 12.9. The van der Waals surface area contributed by atoms with Gasteiger partial charge in [0.2, 0.25) is 21.8 Å². The summed E-state index contributed by atoms with van der Waals surface area (Å²) in [5, 5.41) is 2.61. The van der Waals surface area contributed by atoms with Crippen LogP contribution in [-0.2, 0) is 19.6 Å². The Morgan fingerprint density at radius 3 is 2.56 bits per heavy atom. The molecule has 0 unspecified atom stereocenters. The van der Waals surface area contributed by atoms with E-state index in [0.717, 1.165) is 10.7 Å². The van der Waals surface area contributed by atoms with Gasteiger partial charge in [0.15, 0.2) is 0 Å². The molecule has 138 valence electrons. The van der Waals surface area contributed by atoms with Crippen molar-refractivity contribution in [3.05, 3.63) is 23.8 Å². The number of sulfonamides is 1. The molecule has 1 aliphatic heterocycles. The maximum Gasteiger partial charge on any atom is 0.243 e. The largest absolute Gasteiger partial charge is 0.355 e. The van der Waals surface area contributed by atoms with Crippen molar-refractivity contribution in [2.24, 2.45) is 0 Å². The summed E-state index contributed by atoms with van der Waals surface area (Å²) in [5.74, 6) is -0.272. The minimum absolute atomic E-state index is 0.0569. The standard InChI is InChI=1S/C17H25N3O4S/c1-4-18-16(21)12-19(5-2)25(23,24)15-9-8-14(11-13(15)3)20-10-6-7-17(20)22/h8-9,11H,4-7,10,12H2,1-3H3,(H,18,21). The molecule has 2 amide bonds. The molecule has 25 heavy (non-hydrogen) atoms. The predicted molar refractivity (Wildman–Crippen MR) is 95.9 cm³/mol. The van der Waals surface area contributed by atoms with Gasteiger partial charge in [0.05, 0.1) is 11.4 Å². The van der Waals surface area contributed by atoms with Crippen molar-refractivity contribution in [2.45, 2.75) is 38.5 Å². The fourth-order valence-corrected chi connectivity index (χ4v) is 4.54. The minimum Gasteiger partial charge on any atom is -0.355 e. The molecule has 8 heteroatoms. The third kappa shape index (κ3) is 4.19. The van der Waals surface area contributed by atoms with Gasteiger partial charge in [-0.15, -0.1) is 0 Å². The molecule has 1 N–H and O–H groups in total. The van der Waals surface area contributed by atoms with Gasteiger partial charge in [-0.2, -0.15) is 4.31 Å². The van der Waals surface area contributed by atoms with Crippen LogP contribution in [0.2, 0.25) is 0 Å². The van der Waals surface area contributed by atoms with Crippen LogP contribution in [0.1, 0.15) is 32.3 Å². The normalized spacial score (nSPS) is 15.0. The molecule has 1 heterocycles. The van der Waals surface area contributed by atoms with Crippen LogP contribution in [0, 0.1) is 6.92 Å². The van der Waals surface area contributed by atoms with E-state index in [-0.39, 0.29) is 29.8 Å². The fourth-order valence-electron chi connectivity index (χ4n) is 2.93. The van der Waals surface area contributed by atoms with Crippen LogP contribution in [0.3, 0.4) is 0 Å². The van der Waals surface area contributed by atoms with Gasteiger partial charge in [0.1, 0.15) is 0 Å². The molecule has 1 aromatic rings. The Morgan fingerprint density at radius 1 is 1.32 bits per heavy atom. The van der Waals surface area contributed by atoms with E-state index in [4.69, 9.17) is 0 Å². The molecular weight excluding hydrogens is 342 g/mol. The number of amides is 2. The Hall–Kier alpha value is -1.93. The molecule has 1 aliphatic rings. The molecule has 0 spiro atoms. The lowest BCUT2D eigenvalue weighted by Crippen LogP contribution is -2.40. The van der Waals surface area contributed by atoms with E-state index in [0.29, 0.717) is 30.8 Å². The molecule has 0 aromatic heterocycles. The number of nitrogens with one attached hydrogen (secondary N) is 1. The lowest BCUT2D eigenvalue weighted by atomic mass is 10.2. The van der Waals surface area contributed by atoms with E-state index in [2.05, 4.69) is 5.32 Å². The zero-order chi connectivity index (χ0) is 18.6. The molecule has 1 aromatic carbocycles. The molecular formula is C17H25N3O4S. The van der Waals surface area contributed by atoms with Gasteiger partial charge in [-0.05, 0) is 44.0 Å². The first-order chi connectivity index (χ1) is 11.8. The molecule has 7 nitrogen and oxygen atoms in total. The Bertz CT molecular complexity index is 761. The summed E-state index contributed by atoms with van der Waals surface area (Å²) in [6.07, 6.45) is 1.34. The highest BCUT2D eigenvalue weighted by atomic mass is 32.2. The van der Waals surface area contributed by atoms with Gasteiger partial charge in [-0.1, -0.05) is 6.92 Å². The smallest absolute Gasteiger partial charge is 0.243 e. The maximum atomic E-state index is 12.9. The number of hydrogen-bond donors (Lipinski definition) is 1. The van der Waals surface area contributed by atoms with Gasteiger partial charge in [0.25, 0.3) is 0 Å². The average molecular weight is 367 g/mol. The van der Waals surface area contributed by atoms with E-state index in [1.807, 2.05) is 0 Å². The Kier molecular flexibility index (Phi) is 6.18. The number of hydrogen-bond acceptors (Lipinski definition) is 4. The summed E-state index contributed by atoms with van der Waals surface area (Å²) in [7, 11) is -3.78. The van der Waals surface area contributed by atoms with Gasteiger partial charge < -0.3 is 10.2 Å². The first kappa shape index (κ1) is 19.4. The second-order valence-electron chi connectivity index (χ2n) is 5.98. The second kappa shape index (κ2) is 7.97. The van der Waals surface area contributed by atoms with Crippen molar-refractivity contribution >= 4 is 27.5 Å². The molecule has 0 atom stereocenters. The average Bonchev–Trinajstić information content (AvgIpc) is 2.98. The molecule has 1 fully saturated rings. The quantitative estimate of drug-likeness (QED) is 0.786. The zero-order valence-electron chi connectivity index (χ0n) is 14.9. The van der Waals surface area contributed by atoms with E-state index < -0.39 is 10.0 Å². The number of anilines is 1. The lowest BCUT2D eigenvalue weighted by Gasteiger charge is -2.22. The van der Waals surface area contributed by atoms with Gasteiger partial charge in [-0.3, -0.25) is 9.59 Å². The highest BCUT2D eigenvalue weighted by Crippen LogP contribution is 2.27. The van der Waals surface area contributed by atoms with Crippen molar-refractivity contribution < 1.29 is 18.0 Å². The summed E-state index contributed by atoms with van der Waals surface area (Å²) >= 11 is 0. The highest BCUT2D eigenvalue weighted by molar-refractivity contribution is 7.89. The number of rotatable bonds is 7. The Labute approximate surface area is 149 Å². The van der Waals surface area contributed by atoms with Crippen LogP contribution >= 0.6 is 0 Å². The Morgan fingerprint density at radius 2 is 2.04 bits per heavy atom. The fraction of sp³-hybridized carbons (Fsp3) is 0.529. The zero-order valence-corrected chi connectivity index (χ0v) is 15.7. The van der Waals surface area contributed by atoms with Crippen molar-refractivity contribution in [2.75, 3.05) is 31.1 Å². The van der Waals surface area contributed by atoms with Crippen LogP contribution < -0.4 is 10.2 Å². The third-order valence-electron chi connectivity index (χ3n) is 4.21. The van der Waals surface area contributed by atoms with Gasteiger partial charge in [0, 0.05) is 31.7 Å². The number of aryl methyl sites for hydroxylation is 1. The number of likely N-dealkylation sites (N-methyl/N-ethyl adjacent to an activating group) is 2. The van der Waals surface area contributed by atoms with Crippen molar-refractivity contribution in [1.82, 2.24) is 9.62 Å². The molecule has 0 saturated carbocycles. The highest BCUT2D eigenvalue weighted by Gasteiger charge is 2.28. The predicted octanol–water partition coefficient (Wildman–Crippen LogP) is 1.27. The third-order valence-corrected chi connectivity index (χ3v) is 6.29. The van der Waals surface area contributed by atoms with E-state index >= 15 is 0 Å². The summed E-state index contributed by atoms with van der Waals surface area (Å²) in [4.78, 5) is 25.5. The SMILES string of the molecule is CCNC(=O)CN(CC)S(=O)(=O)c1ccc(N2CCCC2=O)cc1C. The van der Waals surface area contributed by atoms with E-state index in [1.165, 1.54) is 6.07 Å². The number of carbonyl (C=O) groups is 2. The molecule has 2 rings (SSSR count). The van der Waals surface area contributed by atoms with Crippen LogP contribution in [0.15, 0.2) is 23.1 Å². The van der Waals surface area contributed by atoms with Crippen LogP contribution in [0.25, 0.3) is 0 Å². The van der Waals surface area contributed by atoms with Crippen LogP contribution in [0.4, 0.5) is 5.69 Å². The van der Waals surface area contributed by atoms with Crippen molar-refractivity contribution in [1.29, 1.82) is 0 Å². The molecule has 1 saturated heterocycles. The first-order valence-electron chi connectivity index (χ1n) is 8.49. The van der Waals surface area contributed by atoms with Crippen molar-refractivity contribution in [3.63, 3.8) is 0 Å². The van der Waals surface area contributed by atoms with E-state index in [1.54, 1.807) is 37.8 Å². The summed E-state index contributed by atoms with van der Waals surface area (Å²) in [6, 6.07) is 4.89. The number of carbonyl (C=O) groups excluding carboxylic acids is 2. The summed E-state index contributed by atoms with van der Waals surface area (Å²) in [5.41, 5.74) is 1.28. The van der Waals surface area contributed by atoms with Crippen LogP contribution in [0.5, 0.6) is 0 Å². The summed E-state index contributed by atoms with van der Waals surface area (Å²) in [6.45, 7) is 6.28. The number of nitrogens with zero attached hydrogens (tertiary/aromatic N) is 2. The second-order valence-corrected chi connectivity index (χ2v) is 7.89. The van der Waals surface area contributed by atoms with Gasteiger partial charge in [-0.25, -0.2) is 8.42 Å². The monoisotopic (exact) mass is 367 g/mol. The number of benzene rings is 1. The molecule has 0 bridgehead atoms. The molecule has 0 aliphatic carbocycles. The topological polar surface area (TPSA) is 86.8 Å². The van der Waals surface area contributed by atoms with Crippen LogP contribution in [-0.4, -0.2) is 50.7 Å². The van der Waals surface area contributed by atoms with Crippen molar-refractivity contribution in [3.8, 4) is 0 Å². The lowest BCUT2D eigenvalue weighted by molar-refractivity contribution is -0.121. The van der Waals surface area contributed by atoms with Gasteiger partial charge >= 0.3 is 0 Å². The van der Waals surface area contributed by atoms with E-state index in [9.17, 15) is 18.0 Å². The minimum atomic E-state index is -3.78. The summed E-state index contributed by atoms with van der Waals surface area (Å²) < 4.78 is 26.9. The first-order valence-corrected chi connectivity index (χ1v) is 9.93. The molecule has 0 radical (unpaired) electrons. The Balaban J connectivity index is 2.29.